The van der Waals surface area contributed by atoms with E-state index in [1.54, 1.807) is 18.3 Å². The number of aliphatic hydroxyl groups excluding tert-OH is 1. The van der Waals surface area contributed by atoms with Crippen LogP contribution in [0.15, 0.2) is 30.5 Å². The Morgan fingerprint density at radius 2 is 2.32 bits per heavy atom. The van der Waals surface area contributed by atoms with Gasteiger partial charge in [0.1, 0.15) is 12.4 Å². The molecule has 0 aromatic carbocycles. The highest BCUT2D eigenvalue weighted by Crippen LogP contribution is 2.18. The molecule has 2 rings (SSSR count). The zero-order valence-corrected chi connectivity index (χ0v) is 11.1. The molecule has 5 heteroatoms. The first kappa shape index (κ1) is 13.3. The predicted octanol–water partition coefficient (Wildman–Crippen LogP) is 2.05. The second-order valence-electron chi connectivity index (χ2n) is 3.75. The minimum absolute atomic E-state index is 0.188. The highest BCUT2D eigenvalue weighted by Gasteiger charge is 2.10. The predicted molar refractivity (Wildman–Crippen MR) is 75.2 cm³/mol. The number of thiophene rings is 1. The SMILES string of the molecule is Cc1cccnc1NC(=O)c1ccc(C#CCO)s1. The lowest BCUT2D eigenvalue weighted by Gasteiger charge is -2.04. The molecule has 1 amide bonds. The average Bonchev–Trinajstić information content (AvgIpc) is 2.88. The summed E-state index contributed by atoms with van der Waals surface area (Å²) in [5, 5.41) is 11.4. The second kappa shape index (κ2) is 6.14. The summed E-state index contributed by atoms with van der Waals surface area (Å²) in [6.07, 6.45) is 1.63. The number of carbonyl (C=O) groups excluding carboxylic acids is 1. The molecule has 0 spiro atoms. The summed E-state index contributed by atoms with van der Waals surface area (Å²) in [7, 11) is 0. The summed E-state index contributed by atoms with van der Waals surface area (Å²) < 4.78 is 0. The van der Waals surface area contributed by atoms with E-state index in [-0.39, 0.29) is 12.5 Å². The Morgan fingerprint density at radius 3 is 3.05 bits per heavy atom. The lowest BCUT2D eigenvalue weighted by atomic mass is 10.3. The number of carbonyl (C=O) groups is 1. The third kappa shape index (κ3) is 3.41. The molecule has 0 bridgehead atoms. The maximum Gasteiger partial charge on any atom is 0.266 e. The Bertz CT molecular complexity index is 653. The van der Waals surface area contributed by atoms with Crippen LogP contribution in [0.25, 0.3) is 0 Å². The fourth-order valence-corrected chi connectivity index (χ4v) is 2.22. The highest BCUT2D eigenvalue weighted by molar-refractivity contribution is 7.14. The molecule has 0 atom stereocenters. The van der Waals surface area contributed by atoms with Crippen LogP contribution in [-0.2, 0) is 0 Å². The number of anilines is 1. The summed E-state index contributed by atoms with van der Waals surface area (Å²) in [5.41, 5.74) is 0.910. The first-order chi connectivity index (χ1) is 9.20. The van der Waals surface area contributed by atoms with Gasteiger partial charge in [0, 0.05) is 6.20 Å². The number of nitrogens with zero attached hydrogens (tertiary/aromatic N) is 1. The van der Waals surface area contributed by atoms with Crippen molar-refractivity contribution in [3.63, 3.8) is 0 Å². The van der Waals surface area contributed by atoms with Crippen LogP contribution in [0.3, 0.4) is 0 Å². The van der Waals surface area contributed by atoms with Gasteiger partial charge in [-0.3, -0.25) is 4.79 Å². The number of pyridine rings is 1. The Hall–Kier alpha value is -2.16. The molecule has 96 valence electrons. The number of hydrogen-bond acceptors (Lipinski definition) is 4. The quantitative estimate of drug-likeness (QED) is 0.822. The number of aryl methyl sites for hydroxylation is 1. The second-order valence-corrected chi connectivity index (χ2v) is 4.83. The lowest BCUT2D eigenvalue weighted by Crippen LogP contribution is -2.12. The fourth-order valence-electron chi connectivity index (χ4n) is 1.44. The van der Waals surface area contributed by atoms with Crippen LogP contribution in [0.1, 0.15) is 20.1 Å². The number of aliphatic hydroxyl groups is 1. The van der Waals surface area contributed by atoms with Gasteiger partial charge in [-0.25, -0.2) is 4.98 Å². The van der Waals surface area contributed by atoms with Gasteiger partial charge in [0.25, 0.3) is 5.91 Å². The average molecular weight is 272 g/mol. The van der Waals surface area contributed by atoms with Gasteiger partial charge in [0.2, 0.25) is 0 Å². The van der Waals surface area contributed by atoms with Crippen molar-refractivity contribution in [2.75, 3.05) is 11.9 Å². The first-order valence-electron chi connectivity index (χ1n) is 5.63. The highest BCUT2D eigenvalue weighted by atomic mass is 32.1. The molecule has 19 heavy (non-hydrogen) atoms. The van der Waals surface area contributed by atoms with E-state index in [4.69, 9.17) is 5.11 Å². The number of aromatic nitrogens is 1. The number of hydrogen-bond donors (Lipinski definition) is 2. The topological polar surface area (TPSA) is 62.2 Å². The van der Waals surface area contributed by atoms with E-state index in [0.29, 0.717) is 10.7 Å². The van der Waals surface area contributed by atoms with Gasteiger partial charge >= 0.3 is 0 Å². The molecule has 0 aliphatic rings. The van der Waals surface area contributed by atoms with Gasteiger partial charge in [-0.1, -0.05) is 17.9 Å². The number of nitrogens with one attached hydrogen (secondary N) is 1. The minimum atomic E-state index is -0.205. The summed E-state index contributed by atoms with van der Waals surface area (Å²) in [4.78, 5) is 17.4. The third-order valence-corrected chi connectivity index (χ3v) is 3.36. The standard InChI is InChI=1S/C14H12N2O2S/c1-10-4-2-8-15-13(10)16-14(18)12-7-6-11(19-12)5-3-9-17/h2,4,6-8,17H,9H2,1H3,(H,15,16,18). The van der Waals surface area contributed by atoms with Crippen LogP contribution in [0.4, 0.5) is 5.82 Å². The van der Waals surface area contributed by atoms with Gasteiger partial charge in [0.05, 0.1) is 9.75 Å². The third-order valence-electron chi connectivity index (χ3n) is 2.36. The summed E-state index contributed by atoms with van der Waals surface area (Å²) in [6, 6.07) is 7.17. The van der Waals surface area contributed by atoms with Crippen molar-refractivity contribution in [2.24, 2.45) is 0 Å². The van der Waals surface area contributed by atoms with Crippen LogP contribution in [0.2, 0.25) is 0 Å². The zero-order valence-electron chi connectivity index (χ0n) is 10.3. The maximum atomic E-state index is 12.0. The van der Waals surface area contributed by atoms with Crippen LogP contribution in [-0.4, -0.2) is 22.6 Å². The molecule has 0 saturated carbocycles. The van der Waals surface area contributed by atoms with E-state index in [1.165, 1.54) is 11.3 Å². The molecule has 0 radical (unpaired) electrons. The molecule has 2 aromatic heterocycles. The molecule has 0 aliphatic heterocycles. The van der Waals surface area contributed by atoms with Gasteiger partial charge in [-0.15, -0.1) is 11.3 Å². The van der Waals surface area contributed by atoms with E-state index in [0.717, 1.165) is 10.4 Å². The van der Waals surface area contributed by atoms with Crippen LogP contribution >= 0.6 is 11.3 Å². The van der Waals surface area contributed by atoms with Crippen molar-refractivity contribution in [3.05, 3.63) is 45.8 Å². The first-order valence-corrected chi connectivity index (χ1v) is 6.45. The number of amides is 1. The molecule has 0 unspecified atom stereocenters. The van der Waals surface area contributed by atoms with E-state index in [2.05, 4.69) is 22.1 Å². The monoisotopic (exact) mass is 272 g/mol. The molecule has 0 saturated heterocycles. The van der Waals surface area contributed by atoms with E-state index in [9.17, 15) is 4.79 Å². The van der Waals surface area contributed by atoms with Gasteiger partial charge < -0.3 is 10.4 Å². The molecule has 0 fully saturated rings. The lowest BCUT2D eigenvalue weighted by molar-refractivity contribution is 0.103. The largest absolute Gasteiger partial charge is 0.384 e. The Balaban J connectivity index is 2.12. The van der Waals surface area contributed by atoms with Gasteiger partial charge in [-0.2, -0.15) is 0 Å². The molecule has 2 aromatic rings. The maximum absolute atomic E-state index is 12.0. The Kier molecular flexibility index (Phi) is 4.29. The van der Waals surface area contributed by atoms with Crippen LogP contribution in [0.5, 0.6) is 0 Å². The van der Waals surface area contributed by atoms with E-state index < -0.39 is 0 Å². The molecule has 2 heterocycles. The van der Waals surface area contributed by atoms with Crippen molar-refractivity contribution in [3.8, 4) is 11.8 Å². The van der Waals surface area contributed by atoms with Crippen molar-refractivity contribution in [2.45, 2.75) is 6.92 Å². The van der Waals surface area contributed by atoms with Crippen molar-refractivity contribution >= 4 is 23.1 Å². The van der Waals surface area contributed by atoms with Crippen molar-refractivity contribution in [1.82, 2.24) is 4.98 Å². The molecule has 0 aliphatic carbocycles. The molecular formula is C14H12N2O2S. The minimum Gasteiger partial charge on any atom is -0.384 e. The normalized spacial score (nSPS) is 9.58. The zero-order chi connectivity index (χ0) is 13.7. The molecule has 4 nitrogen and oxygen atoms in total. The van der Waals surface area contributed by atoms with Gasteiger partial charge in [-0.05, 0) is 30.7 Å². The Labute approximate surface area is 115 Å². The summed E-state index contributed by atoms with van der Waals surface area (Å²) >= 11 is 1.28. The van der Waals surface area contributed by atoms with Crippen LogP contribution in [0, 0.1) is 18.8 Å². The van der Waals surface area contributed by atoms with Crippen molar-refractivity contribution in [1.29, 1.82) is 0 Å². The molecular weight excluding hydrogens is 260 g/mol. The fraction of sp³-hybridized carbons (Fsp3) is 0.143. The van der Waals surface area contributed by atoms with E-state index in [1.807, 2.05) is 19.1 Å². The number of rotatable bonds is 2. The smallest absolute Gasteiger partial charge is 0.266 e. The summed E-state index contributed by atoms with van der Waals surface area (Å²) in [6.45, 7) is 1.70. The van der Waals surface area contributed by atoms with Crippen LogP contribution < -0.4 is 5.32 Å². The van der Waals surface area contributed by atoms with E-state index >= 15 is 0 Å². The Morgan fingerprint density at radius 1 is 1.47 bits per heavy atom. The van der Waals surface area contributed by atoms with Crippen molar-refractivity contribution < 1.29 is 9.90 Å². The summed E-state index contributed by atoms with van der Waals surface area (Å²) in [5.74, 6) is 5.67. The van der Waals surface area contributed by atoms with Gasteiger partial charge in [0.15, 0.2) is 0 Å². The molecule has 2 N–H and O–H groups in total.